The Balaban J connectivity index is 2.08. The van der Waals surface area contributed by atoms with Gasteiger partial charge in [-0.15, -0.1) is 0 Å². The van der Waals surface area contributed by atoms with Gasteiger partial charge in [0.25, 0.3) is 5.91 Å². The van der Waals surface area contributed by atoms with E-state index in [1.54, 1.807) is 38.5 Å². The summed E-state index contributed by atoms with van der Waals surface area (Å²) in [4.78, 5) is 12.2. The second-order valence-electron chi connectivity index (χ2n) is 4.81. The molecule has 2 aromatic carbocycles. The van der Waals surface area contributed by atoms with Gasteiger partial charge in [0.05, 0.1) is 19.9 Å². The fraction of sp³-hybridized carbons (Fsp3) is 0.118. The number of hydrogen-bond acceptors (Lipinski definition) is 3. The van der Waals surface area contributed by atoms with Gasteiger partial charge in [0.1, 0.15) is 11.5 Å². The van der Waals surface area contributed by atoms with Crippen LogP contribution >= 0.6 is 11.6 Å². The van der Waals surface area contributed by atoms with E-state index in [4.69, 9.17) is 21.1 Å². The zero-order valence-electron chi connectivity index (χ0n) is 12.1. The molecule has 0 unspecified atom stereocenters. The maximum Gasteiger partial charge on any atom is 0.256 e. The van der Waals surface area contributed by atoms with Crippen molar-refractivity contribution in [3.63, 3.8) is 0 Å². The highest BCUT2D eigenvalue weighted by atomic mass is 35.5. The van der Waals surface area contributed by atoms with Crippen LogP contribution in [0.25, 0.3) is 11.6 Å². The first-order valence-electron chi connectivity index (χ1n) is 6.67. The van der Waals surface area contributed by atoms with Gasteiger partial charge in [-0.25, -0.2) is 0 Å². The first-order chi connectivity index (χ1) is 10.6. The van der Waals surface area contributed by atoms with Crippen LogP contribution in [0, 0.1) is 0 Å². The van der Waals surface area contributed by atoms with E-state index >= 15 is 0 Å². The Bertz CT molecular complexity index is 783. The van der Waals surface area contributed by atoms with E-state index in [-0.39, 0.29) is 5.91 Å². The molecule has 1 aliphatic rings. The zero-order valence-corrected chi connectivity index (χ0v) is 12.9. The van der Waals surface area contributed by atoms with Crippen LogP contribution in [0.15, 0.2) is 36.4 Å². The molecular weight excluding hydrogens is 302 g/mol. The van der Waals surface area contributed by atoms with Crippen molar-refractivity contribution < 1.29 is 14.3 Å². The molecule has 0 saturated heterocycles. The number of nitrogens with one attached hydrogen (secondary N) is 1. The smallest absolute Gasteiger partial charge is 0.256 e. The molecule has 0 spiro atoms. The lowest BCUT2D eigenvalue weighted by Crippen LogP contribution is -2.03. The Hall–Kier alpha value is -2.46. The summed E-state index contributed by atoms with van der Waals surface area (Å²) in [6.07, 6.45) is 1.80. The van der Waals surface area contributed by atoms with E-state index in [1.807, 2.05) is 18.2 Å². The summed E-state index contributed by atoms with van der Waals surface area (Å²) >= 11 is 5.96. The number of anilines is 1. The summed E-state index contributed by atoms with van der Waals surface area (Å²) in [5.74, 6) is 1.18. The number of rotatable bonds is 3. The number of methoxy groups -OCH3 is 2. The second-order valence-corrected chi connectivity index (χ2v) is 5.25. The third-order valence-electron chi connectivity index (χ3n) is 3.51. The highest BCUT2D eigenvalue weighted by Gasteiger charge is 2.24. The Labute approximate surface area is 133 Å². The van der Waals surface area contributed by atoms with E-state index in [9.17, 15) is 4.79 Å². The predicted molar refractivity (Wildman–Crippen MR) is 87.5 cm³/mol. The molecule has 0 aliphatic carbocycles. The maximum atomic E-state index is 12.2. The van der Waals surface area contributed by atoms with E-state index in [0.717, 1.165) is 16.8 Å². The molecule has 1 aliphatic heterocycles. The van der Waals surface area contributed by atoms with E-state index in [1.165, 1.54) is 0 Å². The minimum atomic E-state index is -0.157. The number of carbonyl (C=O) groups is 1. The lowest BCUT2D eigenvalue weighted by Gasteiger charge is -2.08. The standard InChI is InChI=1S/C17H14ClNO3/c1-21-12-5-3-10(16(9-12)22-2)7-14-13-6-4-11(18)8-15(13)19-17(14)20/h3-9H,1-2H3,(H,19,20)/b14-7+. The molecular formula is C17H14ClNO3. The molecule has 1 heterocycles. The molecule has 1 amide bonds. The van der Waals surface area contributed by atoms with Crippen molar-refractivity contribution in [3.05, 3.63) is 52.5 Å². The minimum absolute atomic E-state index is 0.157. The molecule has 0 radical (unpaired) electrons. The molecule has 0 bridgehead atoms. The van der Waals surface area contributed by atoms with Crippen LogP contribution in [-0.2, 0) is 4.79 Å². The molecule has 0 aromatic heterocycles. The lowest BCUT2D eigenvalue weighted by molar-refractivity contribution is -0.110. The van der Waals surface area contributed by atoms with Gasteiger partial charge in [-0.3, -0.25) is 4.79 Å². The van der Waals surface area contributed by atoms with Crippen LogP contribution in [0.2, 0.25) is 5.02 Å². The van der Waals surface area contributed by atoms with Crippen molar-refractivity contribution >= 4 is 34.8 Å². The summed E-state index contributed by atoms with van der Waals surface area (Å²) in [5.41, 5.74) is 2.93. The lowest BCUT2D eigenvalue weighted by atomic mass is 10.0. The van der Waals surface area contributed by atoms with Gasteiger partial charge in [-0.05, 0) is 30.3 Å². The number of amides is 1. The number of hydrogen-bond donors (Lipinski definition) is 1. The minimum Gasteiger partial charge on any atom is -0.497 e. The Morgan fingerprint density at radius 1 is 1.09 bits per heavy atom. The maximum absolute atomic E-state index is 12.2. The van der Waals surface area contributed by atoms with Crippen molar-refractivity contribution in [2.75, 3.05) is 19.5 Å². The summed E-state index contributed by atoms with van der Waals surface area (Å²) in [6, 6.07) is 10.8. The van der Waals surface area contributed by atoms with E-state index in [0.29, 0.717) is 22.1 Å². The quantitative estimate of drug-likeness (QED) is 0.875. The van der Waals surface area contributed by atoms with Gasteiger partial charge >= 0.3 is 0 Å². The monoisotopic (exact) mass is 315 g/mol. The van der Waals surface area contributed by atoms with Crippen LogP contribution in [0.1, 0.15) is 11.1 Å². The number of halogens is 1. The van der Waals surface area contributed by atoms with Gasteiger partial charge in [-0.2, -0.15) is 0 Å². The normalized spacial score (nSPS) is 14.7. The van der Waals surface area contributed by atoms with Crippen LogP contribution in [-0.4, -0.2) is 20.1 Å². The molecule has 2 aromatic rings. The third-order valence-corrected chi connectivity index (χ3v) is 3.74. The van der Waals surface area contributed by atoms with Gasteiger partial charge in [-0.1, -0.05) is 17.7 Å². The third kappa shape index (κ3) is 2.53. The highest BCUT2D eigenvalue weighted by molar-refractivity contribution is 6.36. The Kier molecular flexibility index (Phi) is 3.77. The average molecular weight is 316 g/mol. The van der Waals surface area contributed by atoms with Crippen LogP contribution in [0.5, 0.6) is 11.5 Å². The Morgan fingerprint density at radius 3 is 2.64 bits per heavy atom. The van der Waals surface area contributed by atoms with E-state index in [2.05, 4.69) is 5.32 Å². The summed E-state index contributed by atoms with van der Waals surface area (Å²) in [7, 11) is 3.18. The summed E-state index contributed by atoms with van der Waals surface area (Å²) in [6.45, 7) is 0. The Morgan fingerprint density at radius 2 is 1.91 bits per heavy atom. The van der Waals surface area contributed by atoms with Gasteiger partial charge < -0.3 is 14.8 Å². The molecule has 4 nitrogen and oxygen atoms in total. The molecule has 112 valence electrons. The van der Waals surface area contributed by atoms with Crippen molar-refractivity contribution in [1.82, 2.24) is 0 Å². The SMILES string of the molecule is COc1ccc(/C=C2/C(=O)Nc3cc(Cl)ccc32)c(OC)c1. The van der Waals surface area contributed by atoms with Gasteiger partial charge in [0.2, 0.25) is 0 Å². The molecule has 3 rings (SSSR count). The number of ether oxygens (including phenoxy) is 2. The second kappa shape index (κ2) is 5.73. The van der Waals surface area contributed by atoms with Gasteiger partial charge in [0, 0.05) is 27.8 Å². The summed E-state index contributed by atoms with van der Waals surface area (Å²) in [5, 5.41) is 3.40. The molecule has 1 N–H and O–H groups in total. The fourth-order valence-electron chi connectivity index (χ4n) is 2.40. The molecule has 0 atom stereocenters. The van der Waals surface area contributed by atoms with Gasteiger partial charge in [0.15, 0.2) is 0 Å². The predicted octanol–water partition coefficient (Wildman–Crippen LogP) is 3.85. The molecule has 5 heteroatoms. The largest absolute Gasteiger partial charge is 0.497 e. The molecule has 0 saturated carbocycles. The van der Waals surface area contributed by atoms with Crippen LogP contribution in [0.3, 0.4) is 0 Å². The molecule has 0 fully saturated rings. The zero-order chi connectivity index (χ0) is 15.7. The van der Waals surface area contributed by atoms with Crippen molar-refractivity contribution in [1.29, 1.82) is 0 Å². The summed E-state index contributed by atoms with van der Waals surface area (Å²) < 4.78 is 10.5. The number of benzene rings is 2. The number of carbonyl (C=O) groups excluding carboxylic acids is 1. The molecule has 22 heavy (non-hydrogen) atoms. The fourth-order valence-corrected chi connectivity index (χ4v) is 2.58. The van der Waals surface area contributed by atoms with Crippen molar-refractivity contribution in [3.8, 4) is 11.5 Å². The van der Waals surface area contributed by atoms with Crippen molar-refractivity contribution in [2.45, 2.75) is 0 Å². The highest BCUT2D eigenvalue weighted by Crippen LogP contribution is 2.36. The topological polar surface area (TPSA) is 47.6 Å². The first-order valence-corrected chi connectivity index (χ1v) is 7.05. The number of fused-ring (bicyclic) bond motifs is 1. The van der Waals surface area contributed by atoms with E-state index < -0.39 is 0 Å². The average Bonchev–Trinajstić information content (AvgIpc) is 2.82. The van der Waals surface area contributed by atoms with Crippen LogP contribution in [0.4, 0.5) is 5.69 Å². The van der Waals surface area contributed by atoms with Crippen LogP contribution < -0.4 is 14.8 Å². The van der Waals surface area contributed by atoms with Crippen molar-refractivity contribution in [2.24, 2.45) is 0 Å². The first kappa shape index (κ1) is 14.5.